The Hall–Kier alpha value is -0.643. The molecule has 1 aromatic rings. The van der Waals surface area contributed by atoms with Gasteiger partial charge in [0.1, 0.15) is 5.82 Å². The molecule has 1 N–H and O–H groups in total. The minimum Gasteiger partial charge on any atom is -0.655 e. The van der Waals surface area contributed by atoms with E-state index < -0.39 is 0 Å². The molecular weight excluding hydrogens is 373 g/mol. The third-order valence-electron chi connectivity index (χ3n) is 5.41. The number of nitrogens with one attached hydrogen (secondary N) is 1. The van der Waals surface area contributed by atoms with Crippen LogP contribution in [-0.4, -0.2) is 49.4 Å². The van der Waals surface area contributed by atoms with Gasteiger partial charge in [0.05, 0.1) is 11.1 Å². The van der Waals surface area contributed by atoms with Crippen molar-refractivity contribution in [2.75, 3.05) is 20.8 Å². The van der Waals surface area contributed by atoms with E-state index in [4.69, 9.17) is 21.1 Å². The summed E-state index contributed by atoms with van der Waals surface area (Å²) in [5.74, 6) is 1.65. The first-order chi connectivity index (χ1) is 13.1. The molecule has 8 heteroatoms. The third kappa shape index (κ3) is 7.00. The first-order valence-electron chi connectivity index (χ1n) is 9.37. The minimum atomic E-state index is 0. The molecule has 2 saturated carbocycles. The number of ether oxygens (including phenoxy) is 2. The van der Waals surface area contributed by atoms with Crippen LogP contribution in [0.5, 0.6) is 0 Å². The maximum atomic E-state index is 8.83. The first-order valence-corrected chi connectivity index (χ1v) is 9.75. The van der Waals surface area contributed by atoms with E-state index in [-0.39, 0.29) is 24.3 Å². The van der Waals surface area contributed by atoms with Gasteiger partial charge in [-0.05, 0) is 38.6 Å². The van der Waals surface area contributed by atoms with Crippen molar-refractivity contribution in [2.24, 2.45) is 5.92 Å². The molecule has 4 atom stereocenters. The van der Waals surface area contributed by atoms with Gasteiger partial charge in [-0.3, -0.25) is 6.42 Å². The molecule has 1 heterocycles. The summed E-state index contributed by atoms with van der Waals surface area (Å²) in [7, 11) is 3.25. The van der Waals surface area contributed by atoms with Crippen LogP contribution in [0.25, 0.3) is 0 Å². The number of aromatic nitrogens is 2. The van der Waals surface area contributed by atoms with Gasteiger partial charge < -0.3 is 26.0 Å². The van der Waals surface area contributed by atoms with Crippen molar-refractivity contribution >= 4 is 18.1 Å². The van der Waals surface area contributed by atoms with Gasteiger partial charge in [-0.1, -0.05) is 24.7 Å². The number of halogens is 1. The number of methoxy groups -OCH3 is 1. The summed E-state index contributed by atoms with van der Waals surface area (Å²) >= 11 is 5.89. The average Bonchev–Trinajstić information content (AvgIpc) is 3.43. The van der Waals surface area contributed by atoms with Crippen LogP contribution in [-0.2, 0) is 19.7 Å². The van der Waals surface area contributed by atoms with Crippen molar-refractivity contribution in [2.45, 2.75) is 56.6 Å². The van der Waals surface area contributed by atoms with Crippen molar-refractivity contribution < 1.29 is 33.1 Å². The van der Waals surface area contributed by atoms with Crippen LogP contribution in [0.3, 0.4) is 0 Å². The van der Waals surface area contributed by atoms with E-state index in [0.717, 1.165) is 38.1 Å². The van der Waals surface area contributed by atoms with Gasteiger partial charge in [-0.15, -0.1) is 6.04 Å². The van der Waals surface area contributed by atoms with Gasteiger partial charge in [-0.2, -0.15) is 13.3 Å². The number of carbonyl (C=O) groups excluding carboxylic acids is 1. The van der Waals surface area contributed by atoms with Crippen molar-refractivity contribution in [1.82, 2.24) is 15.3 Å². The van der Waals surface area contributed by atoms with E-state index in [9.17, 15) is 0 Å². The Kier molecular flexibility index (Phi) is 11.6. The predicted molar refractivity (Wildman–Crippen MR) is 105 cm³/mol. The maximum absolute atomic E-state index is 8.83. The molecule has 0 unspecified atom stereocenters. The Balaban J connectivity index is 0.000000717. The summed E-state index contributed by atoms with van der Waals surface area (Å²) in [5.41, 5.74) is 0.207. The molecule has 2 aliphatic carbocycles. The van der Waals surface area contributed by atoms with Crippen LogP contribution < -0.4 is 24.2 Å². The monoisotopic (exact) mass is 401 g/mol. The van der Waals surface area contributed by atoms with Gasteiger partial charge in [0.15, 0.2) is 0 Å². The van der Waals surface area contributed by atoms with Crippen molar-refractivity contribution in [3.8, 4) is 0 Å². The second-order valence-corrected chi connectivity index (χ2v) is 7.51. The molecule has 0 aromatic carbocycles. The van der Waals surface area contributed by atoms with E-state index in [1.165, 1.54) is 20.0 Å². The summed E-state index contributed by atoms with van der Waals surface area (Å²) in [5, 5.41) is 3.91. The quantitative estimate of drug-likeness (QED) is 0.466. The van der Waals surface area contributed by atoms with Gasteiger partial charge in [0.2, 0.25) is 0 Å². The Morgan fingerprint density at radius 3 is 2.68 bits per heavy atom. The molecule has 152 valence electrons. The minimum absolute atomic E-state index is 0. The molecule has 28 heavy (non-hydrogen) atoms. The summed E-state index contributed by atoms with van der Waals surface area (Å²) in [6.45, 7) is 3.99. The van der Waals surface area contributed by atoms with Gasteiger partial charge >= 0.3 is 18.9 Å². The van der Waals surface area contributed by atoms with E-state index in [2.05, 4.69) is 39.8 Å². The molecule has 0 aliphatic heterocycles. The summed E-state index contributed by atoms with van der Waals surface area (Å²) in [6.07, 6.45) is 13.8. The Bertz CT molecular complexity index is 578. The first kappa shape index (κ1) is 25.4. The zero-order chi connectivity index (χ0) is 19.7. The number of hydrogen-bond donors (Lipinski definition) is 1. The zero-order valence-electron chi connectivity index (χ0n) is 17.3. The standard InChI is InChI=1S/C18H26ClN3O.C2H3O2.Li/c1-3-4-15(20-2)6-8-23-16-5-7-18(10-13(18)9-16)17-21-11-14(19)12-22-17;1-4-2-3;/h3,6,11-13,15-16,20H,4-5,7-10H2,1-2H3;1H3;/q-2;-1;+1/t13-,15+,16+,18-;;/m1../s1. The average molecular weight is 402 g/mol. The van der Waals surface area contributed by atoms with Crippen molar-refractivity contribution in [1.29, 1.82) is 0 Å². The molecule has 6 nitrogen and oxygen atoms in total. The van der Waals surface area contributed by atoms with Crippen LogP contribution in [0.15, 0.2) is 12.4 Å². The maximum Gasteiger partial charge on any atom is 1.00 e. The molecule has 1 aromatic heterocycles. The summed E-state index contributed by atoms with van der Waals surface area (Å²) in [6, 6.07) is 0.408. The van der Waals surface area contributed by atoms with E-state index in [0.29, 0.717) is 23.1 Å². The second kappa shape index (κ2) is 12.8. The summed E-state index contributed by atoms with van der Waals surface area (Å²) in [4.78, 5) is 17.7. The molecule has 2 fully saturated rings. The van der Waals surface area contributed by atoms with E-state index >= 15 is 0 Å². The third-order valence-corrected chi connectivity index (χ3v) is 5.61. The fourth-order valence-electron chi connectivity index (χ4n) is 3.85. The number of rotatable bonds is 9. The normalized spacial score (nSPS) is 26.0. The predicted octanol–water partition coefficient (Wildman–Crippen LogP) is 0.0674. The van der Waals surface area contributed by atoms with Crippen LogP contribution in [0.2, 0.25) is 5.02 Å². The smallest absolute Gasteiger partial charge is 0.655 e. The molecule has 0 bridgehead atoms. The Morgan fingerprint density at radius 1 is 1.46 bits per heavy atom. The van der Waals surface area contributed by atoms with E-state index in [1.807, 2.05) is 7.05 Å². The fraction of sp³-hybridized carbons (Fsp3) is 0.650. The van der Waals surface area contributed by atoms with Crippen LogP contribution in [0.1, 0.15) is 44.9 Å². The van der Waals surface area contributed by atoms with Gasteiger partial charge in [0, 0.05) is 24.9 Å². The van der Waals surface area contributed by atoms with Crippen LogP contribution in [0.4, 0.5) is 0 Å². The van der Waals surface area contributed by atoms with Crippen LogP contribution in [0, 0.1) is 18.8 Å². The Labute approximate surface area is 185 Å². The van der Waals surface area contributed by atoms with Gasteiger partial charge in [-0.25, -0.2) is 9.97 Å². The Morgan fingerprint density at radius 2 is 2.14 bits per heavy atom. The number of hydrogen-bond acceptors (Lipinski definition) is 6. The molecule has 0 spiro atoms. The molecule has 0 amide bonds. The van der Waals surface area contributed by atoms with Crippen LogP contribution >= 0.6 is 11.6 Å². The summed E-state index contributed by atoms with van der Waals surface area (Å²) < 4.78 is 9.82. The van der Waals surface area contributed by atoms with E-state index in [1.54, 1.807) is 12.4 Å². The van der Waals surface area contributed by atoms with Crippen molar-refractivity contribution in [3.63, 3.8) is 0 Å². The van der Waals surface area contributed by atoms with Gasteiger partial charge in [0.25, 0.3) is 0 Å². The number of nitrogens with zero attached hydrogens (tertiary/aromatic N) is 2. The topological polar surface area (TPSA) is 73.3 Å². The molecule has 0 radical (unpaired) electrons. The molecule has 2 aliphatic rings. The molecule has 3 rings (SSSR count). The SMILES string of the molecule is CO[C-]=O.C[CH-]C[C@@H]([CH-]CO[C@H]1CC[C@@]2(c3ncc(Cl)cn3)C[C@H]2C1)NC.[Li+]. The molecular formula is C20H29ClLiN3O3-2. The fourth-order valence-corrected chi connectivity index (χ4v) is 3.95. The van der Waals surface area contributed by atoms with Crippen molar-refractivity contribution in [3.05, 3.63) is 36.1 Å². The number of fused-ring (bicyclic) bond motifs is 1. The molecule has 0 saturated heterocycles. The zero-order valence-corrected chi connectivity index (χ0v) is 18.0. The largest absolute Gasteiger partial charge is 1.00 e. The second-order valence-electron chi connectivity index (χ2n) is 7.07.